The van der Waals surface area contributed by atoms with Gasteiger partial charge in [-0.3, -0.25) is 24.1 Å². The van der Waals surface area contributed by atoms with E-state index in [2.05, 4.69) is 0 Å². The van der Waals surface area contributed by atoms with Gasteiger partial charge in [-0.2, -0.15) is 0 Å². The van der Waals surface area contributed by atoms with Gasteiger partial charge >= 0.3 is 0 Å². The van der Waals surface area contributed by atoms with Crippen LogP contribution in [0, 0.1) is 23.6 Å². The van der Waals surface area contributed by atoms with Crippen molar-refractivity contribution in [1.82, 2.24) is 0 Å². The Morgan fingerprint density at radius 1 is 0.808 bits per heavy atom. The molecule has 1 saturated carbocycles. The van der Waals surface area contributed by atoms with Crippen molar-refractivity contribution in [2.75, 3.05) is 9.80 Å². The second-order valence-corrected chi connectivity index (χ2v) is 15.0. The molecule has 2 aliphatic carbocycles. The highest BCUT2D eigenvalue weighted by Gasteiger charge is 2.77. The summed E-state index contributed by atoms with van der Waals surface area (Å²) in [5.74, 6) is -6.59. The van der Waals surface area contributed by atoms with Gasteiger partial charge in [0.1, 0.15) is 23.9 Å². The maximum atomic E-state index is 14.6. The number of rotatable bonds is 7. The van der Waals surface area contributed by atoms with E-state index in [9.17, 15) is 28.7 Å². The zero-order chi connectivity index (χ0) is 36.5. The minimum atomic E-state index is -2.18. The van der Waals surface area contributed by atoms with Crippen molar-refractivity contribution in [3.05, 3.63) is 131 Å². The first kappa shape index (κ1) is 34.1. The second-order valence-electron chi connectivity index (χ2n) is 13.8. The molecule has 8 rings (SSSR count). The maximum Gasteiger partial charge on any atom is 0.258 e. The lowest BCUT2D eigenvalue weighted by Crippen LogP contribution is -2.60. The zero-order valence-corrected chi connectivity index (χ0v) is 29.5. The molecule has 2 saturated heterocycles. The largest absolute Gasteiger partial charge is 0.508 e. The van der Waals surface area contributed by atoms with Gasteiger partial charge in [0.15, 0.2) is 9.75 Å². The van der Waals surface area contributed by atoms with Crippen LogP contribution >= 0.6 is 23.2 Å². The molecular weight excluding hydrogens is 706 g/mol. The molecule has 6 unspecified atom stereocenters. The van der Waals surface area contributed by atoms with Crippen molar-refractivity contribution >= 4 is 58.2 Å². The fourth-order valence-corrected chi connectivity index (χ4v) is 9.40. The molecule has 11 heteroatoms. The minimum Gasteiger partial charge on any atom is -0.508 e. The highest BCUT2D eigenvalue weighted by molar-refractivity contribution is 6.58. The van der Waals surface area contributed by atoms with Crippen LogP contribution in [0.3, 0.4) is 0 Å². The highest BCUT2D eigenvalue weighted by Crippen LogP contribution is 2.66. The molecule has 0 aromatic heterocycles. The third kappa shape index (κ3) is 5.00. The lowest BCUT2D eigenvalue weighted by atomic mass is 9.56. The Labute approximate surface area is 309 Å². The summed E-state index contributed by atoms with van der Waals surface area (Å²) < 4.78 is 19.9. The molecule has 4 aliphatic rings. The van der Waals surface area contributed by atoms with E-state index in [1.54, 1.807) is 24.3 Å². The average molecular weight is 740 g/mol. The number of fused-ring (bicyclic) bond motifs is 4. The first-order valence-corrected chi connectivity index (χ1v) is 17.9. The number of allylic oxidation sites excluding steroid dienone is 2. The summed E-state index contributed by atoms with van der Waals surface area (Å²) in [6, 6.07) is 26.2. The topological polar surface area (TPSA) is 104 Å². The quantitative estimate of drug-likeness (QED) is 0.120. The van der Waals surface area contributed by atoms with E-state index >= 15 is 0 Å². The SMILES string of the molecule is CCc1ccc(N2C(=O)C3CC=C4C(CC5(Cl)C(=O)N(c6ccc(F)cc6)C(=O)C5(Cl)C4c4ccc(OCc5ccccc5)cc4O)C3C2=O)cc1. The Kier molecular flexibility index (Phi) is 8.27. The zero-order valence-electron chi connectivity index (χ0n) is 28.0. The van der Waals surface area contributed by atoms with Crippen LogP contribution < -0.4 is 14.5 Å². The Hall–Kier alpha value is -4.99. The maximum absolute atomic E-state index is 14.6. The number of phenolic OH excluding ortho intramolecular Hbond substituents is 1. The third-order valence-corrected chi connectivity index (χ3v) is 12.5. The molecule has 0 spiro atoms. The van der Waals surface area contributed by atoms with E-state index in [0.29, 0.717) is 17.0 Å². The van der Waals surface area contributed by atoms with Crippen LogP contribution in [0.15, 0.2) is 109 Å². The Bertz CT molecular complexity index is 2160. The lowest BCUT2D eigenvalue weighted by molar-refractivity contribution is -0.125. The minimum absolute atomic E-state index is 0.0714. The molecule has 2 aliphatic heterocycles. The van der Waals surface area contributed by atoms with Crippen LogP contribution in [0.5, 0.6) is 11.5 Å². The van der Waals surface area contributed by atoms with Crippen molar-refractivity contribution in [3.63, 3.8) is 0 Å². The van der Waals surface area contributed by atoms with E-state index in [0.717, 1.165) is 34.6 Å². The van der Waals surface area contributed by atoms with Crippen molar-refractivity contribution < 1.29 is 33.4 Å². The molecule has 0 bridgehead atoms. The van der Waals surface area contributed by atoms with Crippen LogP contribution in [0.1, 0.15) is 42.4 Å². The van der Waals surface area contributed by atoms with Crippen molar-refractivity contribution in [2.24, 2.45) is 17.8 Å². The number of halogens is 3. The number of imide groups is 2. The third-order valence-electron chi connectivity index (χ3n) is 11.1. The summed E-state index contributed by atoms with van der Waals surface area (Å²) in [5.41, 5.74) is 3.22. The monoisotopic (exact) mass is 738 g/mol. The van der Waals surface area contributed by atoms with Crippen LogP contribution in [0.2, 0.25) is 0 Å². The number of carbonyl (C=O) groups excluding carboxylic acids is 4. The standard InChI is InChI=1S/C41H33Cl2FN2O6/c1-2-23-8-12-26(13-9-23)45-36(48)31-19-18-29-32(34(31)37(45)49)21-40(42)38(50)46(27-14-10-25(44)11-15-27)39(51)41(40,43)35(29)30-17-16-28(20-33(30)47)52-22-24-6-4-3-5-7-24/h3-18,20,31-32,34-35,47H,2,19,21-22H2,1H3. The smallest absolute Gasteiger partial charge is 0.258 e. The molecule has 1 N–H and O–H groups in total. The molecule has 6 atom stereocenters. The molecule has 8 nitrogen and oxygen atoms in total. The van der Waals surface area contributed by atoms with E-state index < -0.39 is 57.0 Å². The molecule has 264 valence electrons. The van der Waals surface area contributed by atoms with Crippen molar-refractivity contribution in [2.45, 2.75) is 48.5 Å². The summed E-state index contributed by atoms with van der Waals surface area (Å²) in [4.78, 5) is 55.2. The van der Waals surface area contributed by atoms with Crippen molar-refractivity contribution in [1.29, 1.82) is 0 Å². The fraction of sp³-hybridized carbons (Fsp3) is 0.268. The summed E-state index contributed by atoms with van der Waals surface area (Å²) in [5, 5.41) is 11.6. The molecule has 2 heterocycles. The number of anilines is 2. The van der Waals surface area contributed by atoms with E-state index in [1.165, 1.54) is 23.1 Å². The first-order valence-electron chi connectivity index (χ1n) is 17.2. The molecule has 3 fully saturated rings. The van der Waals surface area contributed by atoms with Gasteiger partial charge in [-0.25, -0.2) is 9.29 Å². The van der Waals surface area contributed by atoms with Gasteiger partial charge in [-0.15, -0.1) is 23.2 Å². The highest BCUT2D eigenvalue weighted by atomic mass is 35.5. The Morgan fingerprint density at radius 3 is 2.15 bits per heavy atom. The molecule has 4 amide bonds. The van der Waals surface area contributed by atoms with Crippen LogP contribution in [-0.2, 0) is 32.2 Å². The van der Waals surface area contributed by atoms with Gasteiger partial charge in [-0.05, 0) is 78.8 Å². The number of aryl methyl sites for hydroxylation is 1. The predicted octanol–water partition coefficient (Wildman–Crippen LogP) is 7.44. The summed E-state index contributed by atoms with van der Waals surface area (Å²) in [6.07, 6.45) is 2.54. The molecule has 4 aromatic rings. The normalized spacial score (nSPS) is 28.0. The lowest BCUT2D eigenvalue weighted by Gasteiger charge is -2.50. The summed E-state index contributed by atoms with van der Waals surface area (Å²) in [6.45, 7) is 2.24. The van der Waals surface area contributed by atoms with Gasteiger partial charge in [0, 0.05) is 17.5 Å². The van der Waals surface area contributed by atoms with E-state index in [4.69, 9.17) is 27.9 Å². The van der Waals surface area contributed by atoms with Gasteiger partial charge in [0.2, 0.25) is 11.8 Å². The number of hydrogen-bond acceptors (Lipinski definition) is 6. The molecule has 4 aromatic carbocycles. The molecule has 0 radical (unpaired) electrons. The number of hydrogen-bond donors (Lipinski definition) is 1. The molecular formula is C41H33Cl2FN2O6. The number of amides is 4. The summed E-state index contributed by atoms with van der Waals surface area (Å²) in [7, 11) is 0. The number of nitrogens with zero attached hydrogens (tertiary/aromatic N) is 2. The number of aromatic hydroxyl groups is 1. The number of phenols is 1. The van der Waals surface area contributed by atoms with E-state index in [-0.39, 0.29) is 42.4 Å². The van der Waals surface area contributed by atoms with Gasteiger partial charge in [0.25, 0.3) is 11.8 Å². The number of benzene rings is 4. The van der Waals surface area contributed by atoms with Crippen molar-refractivity contribution in [3.8, 4) is 11.5 Å². The van der Waals surface area contributed by atoms with Gasteiger partial charge in [0.05, 0.1) is 23.2 Å². The predicted molar refractivity (Wildman–Crippen MR) is 194 cm³/mol. The van der Waals surface area contributed by atoms with E-state index in [1.807, 2.05) is 55.5 Å². The summed E-state index contributed by atoms with van der Waals surface area (Å²) >= 11 is 14.9. The second kappa shape index (κ2) is 12.6. The van der Waals surface area contributed by atoms with Gasteiger partial charge in [-0.1, -0.05) is 67.1 Å². The Morgan fingerprint density at radius 2 is 1.48 bits per heavy atom. The van der Waals surface area contributed by atoms with Gasteiger partial charge < -0.3 is 9.84 Å². The first-order chi connectivity index (χ1) is 25.0. The van der Waals surface area contributed by atoms with Crippen LogP contribution in [-0.4, -0.2) is 38.5 Å². The molecule has 52 heavy (non-hydrogen) atoms. The Balaban J connectivity index is 1.23. The fourth-order valence-electron chi connectivity index (χ4n) is 8.48. The van der Waals surface area contributed by atoms with Crippen LogP contribution in [0.4, 0.5) is 15.8 Å². The van der Waals surface area contributed by atoms with Crippen LogP contribution in [0.25, 0.3) is 0 Å². The number of ether oxygens (including phenoxy) is 1. The number of alkyl halides is 2. The number of carbonyl (C=O) groups is 4. The average Bonchev–Trinajstić information content (AvgIpc) is 3.49.